The normalized spacial score (nSPS) is 11.7. The fourth-order valence-electron chi connectivity index (χ4n) is 1.54. The average Bonchev–Trinajstić information content (AvgIpc) is 2.36. The maximum atomic E-state index is 12.0. The highest BCUT2D eigenvalue weighted by molar-refractivity contribution is 7.89. The lowest BCUT2D eigenvalue weighted by Gasteiger charge is -2.15. The molecule has 0 radical (unpaired) electrons. The first-order valence-electron chi connectivity index (χ1n) is 5.83. The van der Waals surface area contributed by atoms with Crippen molar-refractivity contribution in [3.05, 3.63) is 29.8 Å². The maximum Gasteiger partial charge on any atom is 0.248 e. The van der Waals surface area contributed by atoms with Gasteiger partial charge in [0, 0.05) is 11.6 Å². The highest BCUT2D eigenvalue weighted by Gasteiger charge is 2.18. The second-order valence-electron chi connectivity index (χ2n) is 4.02. The van der Waals surface area contributed by atoms with Crippen molar-refractivity contribution in [2.75, 3.05) is 0 Å². The predicted molar refractivity (Wildman–Crippen MR) is 69.7 cm³/mol. The first-order valence-corrected chi connectivity index (χ1v) is 7.31. The Labute approximate surface area is 107 Å². The van der Waals surface area contributed by atoms with E-state index in [0.29, 0.717) is 0 Å². The van der Waals surface area contributed by atoms with E-state index in [4.69, 9.17) is 5.73 Å². The Morgan fingerprint density at radius 1 is 1.22 bits per heavy atom. The van der Waals surface area contributed by atoms with Crippen molar-refractivity contribution in [1.82, 2.24) is 4.72 Å². The van der Waals surface area contributed by atoms with Gasteiger partial charge in [0.15, 0.2) is 0 Å². The van der Waals surface area contributed by atoms with Crippen molar-refractivity contribution < 1.29 is 13.2 Å². The molecule has 1 aromatic rings. The van der Waals surface area contributed by atoms with Crippen LogP contribution in [0.5, 0.6) is 0 Å². The van der Waals surface area contributed by atoms with Crippen molar-refractivity contribution in [3.8, 4) is 0 Å². The van der Waals surface area contributed by atoms with Crippen LogP contribution in [0.4, 0.5) is 0 Å². The lowest BCUT2D eigenvalue weighted by molar-refractivity contribution is 0.1000. The Bertz CT molecular complexity index is 505. The van der Waals surface area contributed by atoms with Crippen LogP contribution in [0.15, 0.2) is 29.2 Å². The van der Waals surface area contributed by atoms with Crippen molar-refractivity contribution in [2.45, 2.75) is 37.6 Å². The van der Waals surface area contributed by atoms with Gasteiger partial charge in [-0.05, 0) is 37.1 Å². The number of primary amides is 1. The number of nitrogens with two attached hydrogens (primary N) is 1. The van der Waals surface area contributed by atoms with Crippen molar-refractivity contribution >= 4 is 15.9 Å². The summed E-state index contributed by atoms with van der Waals surface area (Å²) in [5.41, 5.74) is 5.38. The first-order chi connectivity index (χ1) is 8.40. The van der Waals surface area contributed by atoms with Crippen LogP contribution in [0, 0.1) is 0 Å². The molecule has 0 fully saturated rings. The lowest BCUT2D eigenvalue weighted by Crippen LogP contribution is -2.33. The van der Waals surface area contributed by atoms with E-state index in [1.807, 2.05) is 13.8 Å². The van der Waals surface area contributed by atoms with Crippen LogP contribution in [-0.2, 0) is 10.0 Å². The Morgan fingerprint density at radius 2 is 1.72 bits per heavy atom. The maximum absolute atomic E-state index is 12.0. The molecule has 3 N–H and O–H groups in total. The van der Waals surface area contributed by atoms with Crippen molar-refractivity contribution in [1.29, 1.82) is 0 Å². The van der Waals surface area contributed by atoms with Crippen LogP contribution in [0.3, 0.4) is 0 Å². The van der Waals surface area contributed by atoms with Crippen LogP contribution in [0.25, 0.3) is 0 Å². The number of carbonyl (C=O) groups is 1. The van der Waals surface area contributed by atoms with Crippen LogP contribution < -0.4 is 10.5 Å². The molecule has 0 saturated heterocycles. The molecule has 0 bridgehead atoms. The second-order valence-corrected chi connectivity index (χ2v) is 5.74. The highest BCUT2D eigenvalue weighted by Crippen LogP contribution is 2.12. The predicted octanol–water partition coefficient (Wildman–Crippen LogP) is 1.25. The SMILES string of the molecule is CCC(CC)NS(=O)(=O)c1ccc(C(N)=O)cc1. The third-order valence-corrected chi connectivity index (χ3v) is 4.29. The van der Waals surface area contributed by atoms with E-state index in [2.05, 4.69) is 4.72 Å². The molecule has 0 aliphatic heterocycles. The molecule has 0 aliphatic carbocycles. The number of sulfonamides is 1. The van der Waals surface area contributed by atoms with Gasteiger partial charge in [0.05, 0.1) is 4.90 Å². The van der Waals surface area contributed by atoms with E-state index in [1.165, 1.54) is 24.3 Å². The van der Waals surface area contributed by atoms with Gasteiger partial charge in [0.1, 0.15) is 0 Å². The zero-order valence-corrected chi connectivity index (χ0v) is 11.3. The number of hydrogen-bond acceptors (Lipinski definition) is 3. The van der Waals surface area contributed by atoms with Gasteiger partial charge in [-0.1, -0.05) is 13.8 Å². The molecule has 1 aromatic carbocycles. The van der Waals surface area contributed by atoms with Crippen molar-refractivity contribution in [3.63, 3.8) is 0 Å². The van der Waals surface area contributed by atoms with Gasteiger partial charge in [-0.25, -0.2) is 13.1 Å². The lowest BCUT2D eigenvalue weighted by atomic mass is 10.2. The van der Waals surface area contributed by atoms with E-state index >= 15 is 0 Å². The Hall–Kier alpha value is -1.40. The van der Waals surface area contributed by atoms with Gasteiger partial charge in [-0.2, -0.15) is 0 Å². The standard InChI is InChI=1S/C12H18N2O3S/c1-3-10(4-2)14-18(16,17)11-7-5-9(6-8-11)12(13)15/h5-8,10,14H,3-4H2,1-2H3,(H2,13,15). The van der Waals surface area contributed by atoms with Gasteiger partial charge in [0.2, 0.25) is 15.9 Å². The highest BCUT2D eigenvalue weighted by atomic mass is 32.2. The summed E-state index contributed by atoms with van der Waals surface area (Å²) in [5, 5.41) is 0. The summed E-state index contributed by atoms with van der Waals surface area (Å²) in [4.78, 5) is 11.0. The second kappa shape index (κ2) is 5.97. The topological polar surface area (TPSA) is 89.3 Å². The largest absolute Gasteiger partial charge is 0.366 e. The van der Waals surface area contributed by atoms with Crippen LogP contribution >= 0.6 is 0 Å². The molecular formula is C12H18N2O3S. The molecule has 6 heteroatoms. The molecule has 1 rings (SSSR count). The molecule has 0 atom stereocenters. The van der Waals surface area contributed by atoms with Crippen molar-refractivity contribution in [2.24, 2.45) is 5.73 Å². The Morgan fingerprint density at radius 3 is 2.11 bits per heavy atom. The minimum atomic E-state index is -3.53. The Kier molecular flexibility index (Phi) is 4.86. The summed E-state index contributed by atoms with van der Waals surface area (Å²) in [6, 6.07) is 5.49. The summed E-state index contributed by atoms with van der Waals surface area (Å²) in [6.07, 6.45) is 1.46. The van der Waals surface area contributed by atoms with Crippen LogP contribution in [0.1, 0.15) is 37.0 Å². The molecule has 1 amide bonds. The summed E-state index contributed by atoms with van der Waals surface area (Å²) in [6.45, 7) is 3.85. The molecule has 0 aromatic heterocycles. The first kappa shape index (κ1) is 14.7. The average molecular weight is 270 g/mol. The number of rotatable bonds is 6. The van der Waals surface area contributed by atoms with Crippen LogP contribution in [0.2, 0.25) is 0 Å². The molecule has 0 unspecified atom stereocenters. The molecule has 5 nitrogen and oxygen atoms in total. The molecule has 0 spiro atoms. The number of benzene rings is 1. The fraction of sp³-hybridized carbons (Fsp3) is 0.417. The summed E-state index contributed by atoms with van der Waals surface area (Å²) < 4.78 is 26.6. The number of nitrogens with one attached hydrogen (secondary N) is 1. The minimum Gasteiger partial charge on any atom is -0.366 e. The zero-order chi connectivity index (χ0) is 13.8. The molecule has 100 valence electrons. The third-order valence-electron chi connectivity index (χ3n) is 2.76. The van der Waals surface area contributed by atoms with E-state index in [9.17, 15) is 13.2 Å². The summed E-state index contributed by atoms with van der Waals surface area (Å²) in [5.74, 6) is -0.577. The van der Waals surface area contributed by atoms with Crippen LogP contribution in [-0.4, -0.2) is 20.4 Å². The quantitative estimate of drug-likeness (QED) is 0.815. The van der Waals surface area contributed by atoms with Gasteiger partial charge in [0.25, 0.3) is 0 Å². The molecule has 0 saturated carbocycles. The number of hydrogen-bond donors (Lipinski definition) is 2. The smallest absolute Gasteiger partial charge is 0.248 e. The van der Waals surface area contributed by atoms with E-state index in [-0.39, 0.29) is 16.5 Å². The van der Waals surface area contributed by atoms with Gasteiger partial charge >= 0.3 is 0 Å². The Balaban J connectivity index is 2.95. The third kappa shape index (κ3) is 3.54. The zero-order valence-electron chi connectivity index (χ0n) is 10.5. The van der Waals surface area contributed by atoms with Gasteiger partial charge in [-0.15, -0.1) is 0 Å². The minimum absolute atomic E-state index is 0.0779. The molecule has 0 heterocycles. The number of carbonyl (C=O) groups excluding carboxylic acids is 1. The number of amides is 1. The molecular weight excluding hydrogens is 252 g/mol. The fourth-order valence-corrected chi connectivity index (χ4v) is 2.94. The summed E-state index contributed by atoms with van der Waals surface area (Å²) >= 11 is 0. The molecule has 0 aliphatic rings. The monoisotopic (exact) mass is 270 g/mol. The van der Waals surface area contributed by atoms with E-state index < -0.39 is 15.9 Å². The van der Waals surface area contributed by atoms with E-state index in [0.717, 1.165) is 12.8 Å². The van der Waals surface area contributed by atoms with E-state index in [1.54, 1.807) is 0 Å². The van der Waals surface area contributed by atoms with Gasteiger partial charge in [-0.3, -0.25) is 4.79 Å². The van der Waals surface area contributed by atoms with Gasteiger partial charge < -0.3 is 5.73 Å². The molecule has 18 heavy (non-hydrogen) atoms. The summed E-state index contributed by atoms with van der Waals surface area (Å²) in [7, 11) is -3.53.